The Balaban J connectivity index is 1.39. The number of imidazole rings is 1. The third-order valence-electron chi connectivity index (χ3n) is 9.31. The van der Waals surface area contributed by atoms with Crippen LogP contribution in [0.2, 0.25) is 0 Å². The van der Waals surface area contributed by atoms with Gasteiger partial charge in [0.15, 0.2) is 22.8 Å². The highest BCUT2D eigenvalue weighted by molar-refractivity contribution is 8.13. The van der Waals surface area contributed by atoms with E-state index in [4.69, 9.17) is 19.5 Å². The number of carbonyl (C=O) groups is 3. The van der Waals surface area contributed by atoms with Crippen molar-refractivity contribution in [3.63, 3.8) is 0 Å². The number of carbonyl (C=O) groups excluding carboxylic acids is 3. The van der Waals surface area contributed by atoms with Gasteiger partial charge >= 0.3 is 23.5 Å². The van der Waals surface area contributed by atoms with E-state index in [2.05, 4.69) is 41.3 Å². The molecule has 62 heavy (non-hydrogen) atoms. The molecule has 2 amide bonds. The van der Waals surface area contributed by atoms with Gasteiger partial charge in [-0.15, -0.1) is 0 Å². The zero-order valence-electron chi connectivity index (χ0n) is 34.5. The van der Waals surface area contributed by atoms with Crippen molar-refractivity contribution in [3.05, 3.63) is 12.7 Å². The average Bonchev–Trinajstić information content (AvgIpc) is 3.74. The minimum Gasteiger partial charge on any atom is -0.393 e. The zero-order valence-corrected chi connectivity index (χ0v) is 38.0. The van der Waals surface area contributed by atoms with Gasteiger partial charge in [-0.05, 0) is 6.42 Å². The summed E-state index contributed by atoms with van der Waals surface area (Å²) < 4.78 is 62.3. The van der Waals surface area contributed by atoms with Gasteiger partial charge in [0.1, 0.15) is 36.3 Å². The third-order valence-corrected chi connectivity index (χ3v) is 13.3. The Morgan fingerprint density at radius 2 is 1.63 bits per heavy atom. The van der Waals surface area contributed by atoms with Crippen LogP contribution < -0.4 is 16.4 Å². The maximum atomic E-state index is 12.7. The van der Waals surface area contributed by atoms with E-state index in [1.165, 1.54) is 39.5 Å². The summed E-state index contributed by atoms with van der Waals surface area (Å²) >= 11 is 0.991. The number of rotatable bonds is 29. The average molecular weight is 966 g/mol. The molecule has 29 heteroatoms. The van der Waals surface area contributed by atoms with Crippen molar-refractivity contribution < 1.29 is 85.6 Å². The van der Waals surface area contributed by atoms with Crippen molar-refractivity contribution in [2.24, 2.45) is 5.41 Å². The quantitative estimate of drug-likeness (QED) is 0.0408. The van der Waals surface area contributed by atoms with Crippen LogP contribution in [0.25, 0.3) is 11.2 Å². The number of nitrogen functional groups attached to an aromatic ring is 1. The molecule has 0 spiro atoms. The van der Waals surface area contributed by atoms with Crippen LogP contribution >= 0.6 is 35.2 Å². The number of anilines is 1. The number of phosphoric acid groups is 3. The Bertz CT molecular complexity index is 1920. The van der Waals surface area contributed by atoms with Crippen molar-refractivity contribution >= 4 is 69.1 Å². The lowest BCUT2D eigenvalue weighted by Gasteiger charge is -2.30. The van der Waals surface area contributed by atoms with Crippen LogP contribution in [0.3, 0.4) is 0 Å². The summed E-state index contributed by atoms with van der Waals surface area (Å²) in [7, 11) is -16.4. The van der Waals surface area contributed by atoms with Gasteiger partial charge in [-0.2, -0.15) is 4.31 Å². The molecule has 8 atom stereocenters. The fourth-order valence-corrected chi connectivity index (χ4v) is 9.56. The van der Waals surface area contributed by atoms with Crippen molar-refractivity contribution in [2.45, 2.75) is 122 Å². The Hall–Kier alpha value is -2.48. The molecule has 1 aliphatic heterocycles. The fourth-order valence-electron chi connectivity index (χ4n) is 5.99. The highest BCUT2D eigenvalue weighted by Gasteiger charge is 2.50. The highest BCUT2D eigenvalue weighted by atomic mass is 32.2. The molecule has 3 rings (SSSR count). The smallest absolute Gasteiger partial charge is 0.393 e. The molecule has 354 valence electrons. The molecule has 4 unspecified atom stereocenters. The SMILES string of the molecule is CCCCCCCCCC(O)CC(=O)SCCNC(=O)CCNC(=O)[C@H](O)C(C)(C)COP(=O)(O)OP(=O)(O)OC[C@H]1O[C@@H](n2cnc3c(N)ncnc32)[C@@H](O)C1OP(=O)(O)O. The lowest BCUT2D eigenvalue weighted by atomic mass is 9.87. The van der Waals surface area contributed by atoms with Crippen LogP contribution in [0.5, 0.6) is 0 Å². The number of nitrogens with one attached hydrogen (secondary N) is 2. The maximum absolute atomic E-state index is 12.7. The molecule has 2 aromatic rings. The molecule has 1 saturated heterocycles. The maximum Gasteiger partial charge on any atom is 0.481 e. The number of aliphatic hydroxyl groups excluding tert-OH is 3. The number of nitrogens with two attached hydrogens (primary N) is 1. The van der Waals surface area contributed by atoms with Crippen LogP contribution in [0.4, 0.5) is 5.82 Å². The number of amides is 2. The fraction of sp³-hybridized carbons (Fsp3) is 0.758. The van der Waals surface area contributed by atoms with Gasteiger partial charge in [-0.25, -0.2) is 28.6 Å². The van der Waals surface area contributed by atoms with Gasteiger partial charge in [-0.3, -0.25) is 32.5 Å². The number of nitrogens with zero attached hydrogens (tertiary/aromatic N) is 4. The monoisotopic (exact) mass is 965 g/mol. The molecule has 25 nitrogen and oxygen atoms in total. The summed E-state index contributed by atoms with van der Waals surface area (Å²) in [6.45, 7) is 2.55. The summed E-state index contributed by atoms with van der Waals surface area (Å²) in [6, 6.07) is 0. The van der Waals surface area contributed by atoms with Crippen molar-refractivity contribution in [3.8, 4) is 0 Å². The molecule has 0 saturated carbocycles. The predicted octanol–water partition coefficient (Wildman–Crippen LogP) is 1.56. The topological polar surface area (TPSA) is 384 Å². The molecule has 3 heterocycles. The normalized spacial score (nSPS) is 21.3. The molecule has 1 fully saturated rings. The number of hydrogen-bond donors (Lipinski definition) is 10. The largest absolute Gasteiger partial charge is 0.481 e. The molecular weight excluding hydrogens is 907 g/mol. The summed E-state index contributed by atoms with van der Waals surface area (Å²) in [5, 5.41) is 36.4. The number of aliphatic hydroxyl groups is 3. The van der Waals surface area contributed by atoms with Gasteiger partial charge < -0.3 is 56.0 Å². The molecule has 0 bridgehead atoms. The van der Waals surface area contributed by atoms with Crippen LogP contribution in [0.1, 0.15) is 91.2 Å². The summed E-state index contributed by atoms with van der Waals surface area (Å²) in [6.07, 6.45) is 0.648. The van der Waals surface area contributed by atoms with E-state index in [1.54, 1.807) is 0 Å². The second-order valence-electron chi connectivity index (χ2n) is 15.1. The van der Waals surface area contributed by atoms with Crippen molar-refractivity contribution in [2.75, 3.05) is 37.8 Å². The third kappa shape index (κ3) is 18.2. The van der Waals surface area contributed by atoms with Gasteiger partial charge in [0, 0.05) is 37.1 Å². The first kappa shape index (κ1) is 53.9. The number of thioether (sulfide) groups is 1. The summed E-state index contributed by atoms with van der Waals surface area (Å²) in [4.78, 5) is 88.1. The van der Waals surface area contributed by atoms with E-state index in [0.29, 0.717) is 6.42 Å². The number of hydrogen-bond acceptors (Lipinski definition) is 19. The Morgan fingerprint density at radius 3 is 2.31 bits per heavy atom. The van der Waals surface area contributed by atoms with E-state index in [0.717, 1.165) is 48.2 Å². The molecule has 2 aromatic heterocycles. The number of aromatic nitrogens is 4. The number of unbranched alkanes of at least 4 members (excludes halogenated alkanes) is 6. The number of phosphoric ester groups is 3. The van der Waals surface area contributed by atoms with Crippen LogP contribution in [-0.4, -0.2) is 134 Å². The van der Waals surface area contributed by atoms with E-state index < -0.39 is 90.7 Å². The first-order valence-electron chi connectivity index (χ1n) is 19.7. The lowest BCUT2D eigenvalue weighted by molar-refractivity contribution is -0.137. The lowest BCUT2D eigenvalue weighted by Crippen LogP contribution is -2.46. The second-order valence-corrected chi connectivity index (χ2v) is 20.4. The van der Waals surface area contributed by atoms with Gasteiger partial charge in [0.2, 0.25) is 11.8 Å². The predicted molar refractivity (Wildman–Crippen MR) is 220 cm³/mol. The minimum atomic E-state index is -5.58. The van der Waals surface area contributed by atoms with Crippen molar-refractivity contribution in [1.82, 2.24) is 30.2 Å². The standard InChI is InChI=1S/C33H58N7O18P3S/c1-4-5-6-7-8-9-10-11-21(41)16-24(43)62-15-14-35-23(42)12-13-36-31(46)28(45)33(2,3)18-55-61(52,53)58-60(50,51)54-17-22-27(57-59(47,48)49)26(44)32(56-22)40-20-39-25-29(34)37-19-38-30(25)40/h19-22,26-28,32,41,44-45H,4-18H2,1-3H3,(H,35,42)(H,36,46)(H,50,51)(H,52,53)(H2,34,37,38)(H2,47,48,49)/t21?,22-,26+,27?,28+,32-/m1/s1. The van der Waals surface area contributed by atoms with Gasteiger partial charge in [0.25, 0.3) is 0 Å². The van der Waals surface area contributed by atoms with Gasteiger partial charge in [-0.1, -0.05) is 77.5 Å². The minimum absolute atomic E-state index is 0.0241. The van der Waals surface area contributed by atoms with Gasteiger partial charge in [0.05, 0.1) is 25.6 Å². The first-order chi connectivity index (χ1) is 28.9. The second kappa shape index (κ2) is 24.7. The van der Waals surface area contributed by atoms with E-state index in [1.807, 2.05) is 0 Å². The number of fused-ring (bicyclic) bond motifs is 1. The molecule has 0 radical (unpaired) electrons. The summed E-state index contributed by atoms with van der Waals surface area (Å²) in [5.74, 6) is -1.22. The molecular formula is C33H58N7O18P3S. The Morgan fingerprint density at radius 1 is 0.968 bits per heavy atom. The molecule has 0 aromatic carbocycles. The van der Waals surface area contributed by atoms with E-state index >= 15 is 0 Å². The molecule has 11 N–H and O–H groups in total. The van der Waals surface area contributed by atoms with E-state index in [-0.39, 0.29) is 53.8 Å². The first-order valence-corrected chi connectivity index (χ1v) is 25.2. The Kier molecular flexibility index (Phi) is 21.5. The van der Waals surface area contributed by atoms with E-state index in [9.17, 15) is 63.0 Å². The highest BCUT2D eigenvalue weighted by Crippen LogP contribution is 2.61. The molecule has 1 aliphatic rings. The van der Waals surface area contributed by atoms with Crippen molar-refractivity contribution in [1.29, 1.82) is 0 Å². The van der Waals surface area contributed by atoms with Crippen LogP contribution in [-0.2, 0) is 50.7 Å². The zero-order chi connectivity index (χ0) is 46.3. The molecule has 0 aliphatic carbocycles. The van der Waals surface area contributed by atoms with Crippen LogP contribution in [0, 0.1) is 5.41 Å². The number of ether oxygens (including phenoxy) is 1. The summed E-state index contributed by atoms with van der Waals surface area (Å²) in [5.41, 5.74) is 4.25. The van der Waals surface area contributed by atoms with Crippen LogP contribution in [0.15, 0.2) is 12.7 Å². The Labute approximate surface area is 361 Å².